The van der Waals surface area contributed by atoms with Crippen LogP contribution in [0.3, 0.4) is 0 Å². The van der Waals surface area contributed by atoms with Crippen LogP contribution in [0.25, 0.3) is 0 Å². The summed E-state index contributed by atoms with van der Waals surface area (Å²) in [5, 5.41) is 23.7. The lowest BCUT2D eigenvalue weighted by Gasteiger charge is -2.30. The third-order valence-corrected chi connectivity index (χ3v) is 3.56. The zero-order chi connectivity index (χ0) is 19.2. The van der Waals surface area contributed by atoms with Gasteiger partial charge in [-0.25, -0.2) is 4.79 Å². The average molecular weight is 345 g/mol. The summed E-state index contributed by atoms with van der Waals surface area (Å²) < 4.78 is 0. The van der Waals surface area contributed by atoms with Crippen LogP contribution in [0.2, 0.25) is 0 Å². The number of rotatable bonds is 8. The van der Waals surface area contributed by atoms with E-state index in [0.717, 1.165) is 0 Å². The molecule has 0 unspecified atom stereocenters. The summed E-state index contributed by atoms with van der Waals surface area (Å²) in [6, 6.07) is -3.18. The van der Waals surface area contributed by atoms with E-state index in [1.54, 1.807) is 20.8 Å². The molecule has 0 rings (SSSR count). The lowest BCUT2D eigenvalue weighted by molar-refractivity contribution is -0.145. The van der Waals surface area contributed by atoms with Gasteiger partial charge in [0.15, 0.2) is 0 Å². The van der Waals surface area contributed by atoms with Crippen molar-refractivity contribution in [3.63, 3.8) is 0 Å². The zero-order valence-electron chi connectivity index (χ0n) is 15.3. The number of carboxylic acid groups (broad SMARTS) is 1. The van der Waals surface area contributed by atoms with Crippen molar-refractivity contribution in [2.24, 2.45) is 17.1 Å². The quantitative estimate of drug-likeness (QED) is 0.414. The molecule has 0 fully saturated rings. The first-order valence-corrected chi connectivity index (χ1v) is 8.04. The highest BCUT2D eigenvalue weighted by atomic mass is 16.4. The van der Waals surface area contributed by atoms with Crippen molar-refractivity contribution < 1.29 is 24.6 Å². The highest BCUT2D eigenvalue weighted by Crippen LogP contribution is 2.20. The summed E-state index contributed by atoms with van der Waals surface area (Å²) in [4.78, 5) is 35.9. The van der Waals surface area contributed by atoms with Gasteiger partial charge in [0, 0.05) is 0 Å². The molecule has 0 aliphatic rings. The van der Waals surface area contributed by atoms with Gasteiger partial charge < -0.3 is 26.6 Å². The Morgan fingerprint density at radius 1 is 1.04 bits per heavy atom. The molecule has 0 aliphatic carbocycles. The number of aliphatic hydroxyl groups is 1. The predicted molar refractivity (Wildman–Crippen MR) is 90.1 cm³/mol. The summed E-state index contributed by atoms with van der Waals surface area (Å²) >= 11 is 0. The topological polar surface area (TPSA) is 142 Å². The fourth-order valence-corrected chi connectivity index (χ4v) is 2.08. The number of nitrogens with one attached hydrogen (secondary N) is 2. The molecule has 2 amide bonds. The second-order valence-electron chi connectivity index (χ2n) is 7.60. The molecule has 8 heteroatoms. The van der Waals surface area contributed by atoms with E-state index in [4.69, 9.17) is 5.73 Å². The number of carbonyl (C=O) groups excluding carboxylic acids is 2. The van der Waals surface area contributed by atoms with Crippen LogP contribution in [0, 0.1) is 11.3 Å². The highest BCUT2D eigenvalue weighted by molar-refractivity contribution is 5.92. The van der Waals surface area contributed by atoms with Crippen molar-refractivity contribution in [1.82, 2.24) is 10.6 Å². The van der Waals surface area contributed by atoms with Crippen LogP contribution < -0.4 is 16.4 Å². The number of amides is 2. The van der Waals surface area contributed by atoms with Gasteiger partial charge in [0.1, 0.15) is 18.1 Å². The minimum Gasteiger partial charge on any atom is -0.480 e. The number of aliphatic hydroxyl groups excluding tert-OH is 1. The Bertz CT molecular complexity index is 457. The molecular weight excluding hydrogens is 314 g/mol. The van der Waals surface area contributed by atoms with Crippen molar-refractivity contribution in [3.05, 3.63) is 0 Å². The molecule has 0 spiro atoms. The van der Waals surface area contributed by atoms with Crippen molar-refractivity contribution >= 4 is 17.8 Å². The van der Waals surface area contributed by atoms with Gasteiger partial charge in [0.25, 0.3) is 0 Å². The van der Waals surface area contributed by atoms with Gasteiger partial charge in [0.2, 0.25) is 11.8 Å². The molecule has 0 bridgehead atoms. The molecule has 140 valence electrons. The third-order valence-electron chi connectivity index (χ3n) is 3.56. The van der Waals surface area contributed by atoms with Gasteiger partial charge in [-0.2, -0.15) is 0 Å². The lowest BCUT2D eigenvalue weighted by atomic mass is 9.86. The molecule has 8 nitrogen and oxygen atoms in total. The molecular formula is C16H31N3O5. The SMILES string of the molecule is CC(C)C[C@H](NC(=O)[C@@H](N)[C@@H](C)O)C(=O)N[C@H](C(=O)O)C(C)(C)C. The molecule has 0 aromatic rings. The number of hydrogen-bond donors (Lipinski definition) is 5. The first kappa shape index (κ1) is 22.3. The molecule has 0 heterocycles. The fourth-order valence-electron chi connectivity index (χ4n) is 2.08. The standard InChI is InChI=1S/C16H31N3O5/c1-8(2)7-10(18-14(22)11(17)9(3)20)13(21)19-12(15(23)24)16(4,5)6/h8-12,20H,7,17H2,1-6H3,(H,18,22)(H,19,21)(H,23,24)/t9-,10+,11+,12-/m1/s1. The Hall–Kier alpha value is -1.67. The summed E-state index contributed by atoms with van der Waals surface area (Å²) in [6.45, 7) is 10.2. The first-order valence-electron chi connectivity index (χ1n) is 8.04. The lowest BCUT2D eigenvalue weighted by Crippen LogP contribution is -2.58. The number of hydrogen-bond acceptors (Lipinski definition) is 5. The summed E-state index contributed by atoms with van der Waals surface area (Å²) in [5.74, 6) is -2.31. The monoisotopic (exact) mass is 345 g/mol. The summed E-state index contributed by atoms with van der Waals surface area (Å²) in [7, 11) is 0. The minimum absolute atomic E-state index is 0.0849. The molecule has 0 radical (unpaired) electrons. The Morgan fingerprint density at radius 2 is 1.54 bits per heavy atom. The van der Waals surface area contributed by atoms with Gasteiger partial charge in [0.05, 0.1) is 6.10 Å². The molecule has 24 heavy (non-hydrogen) atoms. The Kier molecular flexibility index (Phi) is 8.36. The molecule has 0 saturated heterocycles. The normalized spacial score (nSPS) is 16.9. The van der Waals surface area contributed by atoms with Crippen molar-refractivity contribution in [2.45, 2.75) is 72.2 Å². The van der Waals surface area contributed by atoms with Crippen LogP contribution >= 0.6 is 0 Å². The van der Waals surface area contributed by atoms with Crippen LogP contribution in [-0.4, -0.2) is 52.2 Å². The smallest absolute Gasteiger partial charge is 0.326 e. The molecule has 0 aliphatic heterocycles. The molecule has 0 aromatic heterocycles. The maximum Gasteiger partial charge on any atom is 0.326 e. The van der Waals surface area contributed by atoms with Crippen LogP contribution in [-0.2, 0) is 14.4 Å². The van der Waals surface area contributed by atoms with Crippen LogP contribution in [0.15, 0.2) is 0 Å². The van der Waals surface area contributed by atoms with E-state index in [2.05, 4.69) is 10.6 Å². The summed E-state index contributed by atoms with van der Waals surface area (Å²) in [5.41, 5.74) is 4.88. The van der Waals surface area contributed by atoms with Gasteiger partial charge in [-0.15, -0.1) is 0 Å². The number of carbonyl (C=O) groups is 3. The summed E-state index contributed by atoms with van der Waals surface area (Å²) in [6.07, 6.45) is -0.741. The van der Waals surface area contributed by atoms with E-state index < -0.39 is 47.4 Å². The fraction of sp³-hybridized carbons (Fsp3) is 0.812. The largest absolute Gasteiger partial charge is 0.480 e. The second-order valence-corrected chi connectivity index (χ2v) is 7.60. The van der Waals surface area contributed by atoms with Crippen molar-refractivity contribution in [3.8, 4) is 0 Å². The van der Waals surface area contributed by atoms with Crippen LogP contribution in [0.1, 0.15) is 48.0 Å². The number of aliphatic carboxylic acids is 1. The Labute approximate surface area is 143 Å². The van der Waals surface area contributed by atoms with E-state index in [9.17, 15) is 24.6 Å². The number of carboxylic acids is 1. The van der Waals surface area contributed by atoms with E-state index in [-0.39, 0.29) is 5.92 Å². The molecule has 4 atom stereocenters. The van der Waals surface area contributed by atoms with Crippen LogP contribution in [0.5, 0.6) is 0 Å². The predicted octanol–water partition coefficient (Wildman–Crippen LogP) is -0.159. The Balaban J connectivity index is 5.20. The molecule has 0 aromatic carbocycles. The van der Waals surface area contributed by atoms with E-state index >= 15 is 0 Å². The van der Waals surface area contributed by atoms with Gasteiger partial charge in [-0.1, -0.05) is 34.6 Å². The maximum atomic E-state index is 12.5. The van der Waals surface area contributed by atoms with E-state index in [1.807, 2.05) is 13.8 Å². The first-order chi connectivity index (χ1) is 10.8. The van der Waals surface area contributed by atoms with Crippen molar-refractivity contribution in [1.29, 1.82) is 0 Å². The van der Waals surface area contributed by atoms with Gasteiger partial charge >= 0.3 is 5.97 Å². The average Bonchev–Trinajstić information content (AvgIpc) is 2.40. The molecule has 0 saturated carbocycles. The van der Waals surface area contributed by atoms with Crippen LogP contribution in [0.4, 0.5) is 0 Å². The van der Waals surface area contributed by atoms with Gasteiger partial charge in [-0.3, -0.25) is 9.59 Å². The minimum atomic E-state index is -1.16. The van der Waals surface area contributed by atoms with Crippen molar-refractivity contribution in [2.75, 3.05) is 0 Å². The second kappa shape index (κ2) is 8.98. The van der Waals surface area contributed by atoms with E-state index in [0.29, 0.717) is 6.42 Å². The highest BCUT2D eigenvalue weighted by Gasteiger charge is 2.35. The van der Waals surface area contributed by atoms with Gasteiger partial charge in [-0.05, 0) is 24.7 Å². The Morgan fingerprint density at radius 3 is 1.88 bits per heavy atom. The third kappa shape index (κ3) is 7.27. The zero-order valence-corrected chi connectivity index (χ0v) is 15.3. The maximum absolute atomic E-state index is 12.5. The number of nitrogens with two attached hydrogens (primary N) is 1. The van der Waals surface area contributed by atoms with E-state index in [1.165, 1.54) is 6.92 Å². The molecule has 6 N–H and O–H groups in total.